The molecule has 3 rings (SSSR count). The van der Waals surface area contributed by atoms with Gasteiger partial charge in [-0.05, 0) is 19.0 Å². The van der Waals surface area contributed by atoms with Crippen LogP contribution < -0.4 is 4.90 Å². The topological polar surface area (TPSA) is 52.4 Å². The number of ether oxygens (including phenoxy) is 1. The van der Waals surface area contributed by atoms with Gasteiger partial charge in [-0.15, -0.1) is 0 Å². The summed E-state index contributed by atoms with van der Waals surface area (Å²) < 4.78 is 5.40. The molecule has 2 aliphatic heterocycles. The molecule has 0 bridgehead atoms. The first-order valence-electron chi connectivity index (χ1n) is 6.71. The van der Waals surface area contributed by atoms with E-state index in [2.05, 4.69) is 27.9 Å². The second kappa shape index (κ2) is 5.16. The molecule has 0 N–H and O–H groups in total. The van der Waals surface area contributed by atoms with Gasteiger partial charge in [0.05, 0.1) is 18.8 Å². The third-order valence-electron chi connectivity index (χ3n) is 3.88. The van der Waals surface area contributed by atoms with E-state index in [1.165, 1.54) is 11.1 Å². The van der Waals surface area contributed by atoms with E-state index < -0.39 is 0 Å². The number of morpholine rings is 1. The van der Waals surface area contributed by atoms with Crippen LogP contribution in [-0.4, -0.2) is 49.8 Å². The van der Waals surface area contributed by atoms with Gasteiger partial charge in [-0.3, -0.25) is 0 Å². The quantitative estimate of drug-likeness (QED) is 0.745. The highest BCUT2D eigenvalue weighted by Gasteiger charge is 2.24. The highest BCUT2D eigenvalue weighted by molar-refractivity contribution is 5.56. The van der Waals surface area contributed by atoms with Crippen LogP contribution in [-0.2, 0) is 17.7 Å². The van der Waals surface area contributed by atoms with Crippen molar-refractivity contribution in [2.24, 2.45) is 0 Å². The fourth-order valence-corrected chi connectivity index (χ4v) is 2.83. The molecule has 5 heteroatoms. The largest absolute Gasteiger partial charge is 0.378 e. The molecule has 5 nitrogen and oxygen atoms in total. The molecular weight excluding hydrogens is 240 g/mol. The van der Waals surface area contributed by atoms with E-state index in [0.29, 0.717) is 0 Å². The fraction of sp³-hybridized carbons (Fsp3) is 0.571. The van der Waals surface area contributed by atoms with Crippen LogP contribution in [0.15, 0.2) is 6.20 Å². The van der Waals surface area contributed by atoms with Crippen molar-refractivity contribution in [2.75, 3.05) is 44.8 Å². The van der Waals surface area contributed by atoms with Gasteiger partial charge in [0, 0.05) is 37.9 Å². The first-order chi connectivity index (χ1) is 9.29. The smallest absolute Gasteiger partial charge is 0.133 e. The van der Waals surface area contributed by atoms with Gasteiger partial charge in [0.15, 0.2) is 0 Å². The van der Waals surface area contributed by atoms with Crippen molar-refractivity contribution in [1.82, 2.24) is 9.88 Å². The zero-order valence-corrected chi connectivity index (χ0v) is 11.2. The van der Waals surface area contributed by atoms with Crippen LogP contribution in [0, 0.1) is 11.3 Å². The summed E-state index contributed by atoms with van der Waals surface area (Å²) in [5, 5.41) is 9.22. The van der Waals surface area contributed by atoms with Crippen molar-refractivity contribution in [3.8, 4) is 6.07 Å². The van der Waals surface area contributed by atoms with Crippen molar-refractivity contribution in [3.63, 3.8) is 0 Å². The standard InChI is InChI=1S/C14H18N4O/c1-17-3-2-12-11(8-15)9-16-14(13(12)10-17)18-4-6-19-7-5-18/h9H,2-7,10H2,1H3. The molecule has 1 saturated heterocycles. The second-order valence-corrected chi connectivity index (χ2v) is 5.15. The van der Waals surface area contributed by atoms with Crippen molar-refractivity contribution in [1.29, 1.82) is 5.26 Å². The maximum absolute atomic E-state index is 9.22. The van der Waals surface area contributed by atoms with Crippen LogP contribution in [0.3, 0.4) is 0 Å². The summed E-state index contributed by atoms with van der Waals surface area (Å²) in [6.07, 6.45) is 2.67. The molecule has 100 valence electrons. The molecule has 0 amide bonds. The molecular formula is C14H18N4O. The fourth-order valence-electron chi connectivity index (χ4n) is 2.83. The lowest BCUT2D eigenvalue weighted by Crippen LogP contribution is -2.39. The SMILES string of the molecule is CN1CCc2c(C#N)cnc(N3CCOCC3)c2C1. The molecule has 0 spiro atoms. The zero-order valence-electron chi connectivity index (χ0n) is 11.2. The third kappa shape index (κ3) is 2.29. The molecule has 19 heavy (non-hydrogen) atoms. The number of anilines is 1. The Balaban J connectivity index is 2.02. The second-order valence-electron chi connectivity index (χ2n) is 5.15. The monoisotopic (exact) mass is 258 g/mol. The normalized spacial score (nSPS) is 19.9. The van der Waals surface area contributed by atoms with Gasteiger partial charge in [0.1, 0.15) is 11.9 Å². The van der Waals surface area contributed by atoms with Gasteiger partial charge in [-0.2, -0.15) is 5.26 Å². The van der Waals surface area contributed by atoms with E-state index in [0.717, 1.165) is 57.2 Å². The van der Waals surface area contributed by atoms with Crippen molar-refractivity contribution in [2.45, 2.75) is 13.0 Å². The van der Waals surface area contributed by atoms with Gasteiger partial charge in [0.25, 0.3) is 0 Å². The minimum absolute atomic E-state index is 0.736. The third-order valence-corrected chi connectivity index (χ3v) is 3.88. The Morgan fingerprint density at radius 2 is 2.05 bits per heavy atom. The number of hydrogen-bond acceptors (Lipinski definition) is 5. The lowest BCUT2D eigenvalue weighted by molar-refractivity contribution is 0.122. The average molecular weight is 258 g/mol. The number of hydrogen-bond donors (Lipinski definition) is 0. The van der Waals surface area contributed by atoms with Gasteiger partial charge >= 0.3 is 0 Å². The molecule has 1 aromatic rings. The number of nitrogens with zero attached hydrogens (tertiary/aromatic N) is 4. The Kier molecular flexibility index (Phi) is 3.36. The Bertz CT molecular complexity index is 517. The number of likely N-dealkylation sites (N-methyl/N-ethyl adjacent to an activating group) is 1. The van der Waals surface area contributed by atoms with Crippen LogP contribution in [0.2, 0.25) is 0 Å². The molecule has 1 aromatic heterocycles. The van der Waals surface area contributed by atoms with E-state index >= 15 is 0 Å². The Morgan fingerprint density at radius 3 is 2.79 bits per heavy atom. The lowest BCUT2D eigenvalue weighted by Gasteiger charge is -2.33. The van der Waals surface area contributed by atoms with Crippen molar-refractivity contribution >= 4 is 5.82 Å². The molecule has 3 heterocycles. The first-order valence-corrected chi connectivity index (χ1v) is 6.71. The highest BCUT2D eigenvalue weighted by Crippen LogP contribution is 2.29. The maximum atomic E-state index is 9.22. The molecule has 0 unspecified atom stereocenters. The maximum Gasteiger partial charge on any atom is 0.133 e. The predicted molar refractivity (Wildman–Crippen MR) is 72.0 cm³/mol. The number of fused-ring (bicyclic) bond motifs is 1. The summed E-state index contributed by atoms with van der Waals surface area (Å²) in [5.74, 6) is 1.05. The Labute approximate surface area is 113 Å². The Hall–Kier alpha value is -1.64. The number of nitriles is 1. The minimum atomic E-state index is 0.736. The van der Waals surface area contributed by atoms with Crippen molar-refractivity contribution in [3.05, 3.63) is 22.9 Å². The van der Waals surface area contributed by atoms with E-state index in [9.17, 15) is 5.26 Å². The van der Waals surface area contributed by atoms with Gasteiger partial charge in [-0.1, -0.05) is 0 Å². The van der Waals surface area contributed by atoms with Crippen molar-refractivity contribution < 1.29 is 4.74 Å². The van der Waals surface area contributed by atoms with E-state index in [1.54, 1.807) is 6.20 Å². The van der Waals surface area contributed by atoms with Crippen LogP contribution in [0.25, 0.3) is 0 Å². The summed E-state index contributed by atoms with van der Waals surface area (Å²) in [6, 6.07) is 2.28. The van der Waals surface area contributed by atoms with Gasteiger partial charge in [-0.25, -0.2) is 4.98 Å². The number of aromatic nitrogens is 1. The molecule has 0 radical (unpaired) electrons. The molecule has 0 aromatic carbocycles. The molecule has 1 fully saturated rings. The zero-order chi connectivity index (χ0) is 13.2. The minimum Gasteiger partial charge on any atom is -0.378 e. The van der Waals surface area contributed by atoms with Gasteiger partial charge < -0.3 is 14.5 Å². The van der Waals surface area contributed by atoms with Crippen LogP contribution >= 0.6 is 0 Å². The highest BCUT2D eigenvalue weighted by atomic mass is 16.5. The summed E-state index contributed by atoms with van der Waals surface area (Å²) in [4.78, 5) is 9.11. The molecule has 0 atom stereocenters. The first kappa shape index (κ1) is 12.4. The van der Waals surface area contributed by atoms with E-state index in [1.807, 2.05) is 0 Å². The molecule has 0 saturated carbocycles. The number of pyridine rings is 1. The summed E-state index contributed by atoms with van der Waals surface area (Å²) in [6.45, 7) is 5.17. The van der Waals surface area contributed by atoms with Crippen LogP contribution in [0.4, 0.5) is 5.82 Å². The predicted octanol–water partition coefficient (Wildman–Crippen LogP) is 0.778. The molecule has 2 aliphatic rings. The van der Waals surface area contributed by atoms with E-state index in [4.69, 9.17) is 4.74 Å². The van der Waals surface area contributed by atoms with Gasteiger partial charge in [0.2, 0.25) is 0 Å². The summed E-state index contributed by atoms with van der Waals surface area (Å²) in [7, 11) is 2.12. The average Bonchev–Trinajstić information content (AvgIpc) is 2.46. The summed E-state index contributed by atoms with van der Waals surface area (Å²) >= 11 is 0. The van der Waals surface area contributed by atoms with Crippen LogP contribution in [0.1, 0.15) is 16.7 Å². The summed E-state index contributed by atoms with van der Waals surface area (Å²) in [5.41, 5.74) is 3.16. The molecule has 0 aliphatic carbocycles. The number of rotatable bonds is 1. The Morgan fingerprint density at radius 1 is 1.26 bits per heavy atom. The van der Waals surface area contributed by atoms with Crippen LogP contribution in [0.5, 0.6) is 0 Å². The van der Waals surface area contributed by atoms with E-state index in [-0.39, 0.29) is 0 Å². The lowest BCUT2D eigenvalue weighted by atomic mass is 9.96.